The monoisotopic (exact) mass is 462 g/mol. The molecule has 0 fully saturated rings. The zero-order chi connectivity index (χ0) is 23.6. The molecular weight excluding hydrogens is 440 g/mol. The molecule has 0 saturated heterocycles. The molecule has 168 valence electrons. The second-order valence-corrected chi connectivity index (χ2v) is 9.45. The summed E-state index contributed by atoms with van der Waals surface area (Å²) in [5, 5.41) is 7.98. The summed E-state index contributed by atoms with van der Waals surface area (Å²) in [5.74, 6) is -0.530. The van der Waals surface area contributed by atoms with Crippen molar-refractivity contribution >= 4 is 38.1 Å². The second kappa shape index (κ2) is 8.87. The van der Waals surface area contributed by atoms with Crippen LogP contribution >= 0.6 is 0 Å². The van der Waals surface area contributed by atoms with E-state index >= 15 is 0 Å². The zero-order valence-corrected chi connectivity index (χ0v) is 18.9. The minimum absolute atomic E-state index is 0.0409. The van der Waals surface area contributed by atoms with Crippen LogP contribution in [0.15, 0.2) is 77.6 Å². The van der Waals surface area contributed by atoms with Gasteiger partial charge in [0.1, 0.15) is 0 Å². The molecule has 0 spiro atoms. The first-order valence-corrected chi connectivity index (χ1v) is 11.9. The van der Waals surface area contributed by atoms with Crippen molar-refractivity contribution < 1.29 is 13.2 Å². The molecule has 4 aromatic rings. The fraction of sp³-hybridized carbons (Fsp3) is 0.125. The normalized spacial score (nSPS) is 11.3. The highest BCUT2D eigenvalue weighted by Gasteiger charge is 2.18. The van der Waals surface area contributed by atoms with Gasteiger partial charge >= 0.3 is 0 Å². The summed E-state index contributed by atoms with van der Waals surface area (Å²) in [6.07, 6.45) is 0. The van der Waals surface area contributed by atoms with Crippen molar-refractivity contribution in [2.45, 2.75) is 13.8 Å². The first kappa shape index (κ1) is 22.2. The SMILES string of the molecule is CCS(=O)(=O)Nc1ccc(NC(=O)c2nn(-c3ccccc3)c(=O)c3ccccc23)cc1C. The Hall–Kier alpha value is -3.98. The number of hydrogen-bond donors (Lipinski definition) is 2. The van der Waals surface area contributed by atoms with Crippen LogP contribution in [-0.4, -0.2) is 29.9 Å². The minimum atomic E-state index is -3.41. The summed E-state index contributed by atoms with van der Waals surface area (Å²) in [5.41, 5.74) is 1.89. The molecule has 4 rings (SSSR count). The minimum Gasteiger partial charge on any atom is -0.321 e. The highest BCUT2D eigenvalue weighted by atomic mass is 32.2. The standard InChI is InChI=1S/C24H22N4O4S/c1-3-33(31,32)27-21-14-13-17(15-16(21)2)25-23(29)22-19-11-7-8-12-20(19)24(30)28(26-22)18-9-5-4-6-10-18/h4-15,27H,3H2,1-2H3,(H,25,29). The lowest BCUT2D eigenvalue weighted by molar-refractivity contribution is 0.102. The van der Waals surface area contributed by atoms with E-state index in [4.69, 9.17) is 0 Å². The number of aromatic nitrogens is 2. The van der Waals surface area contributed by atoms with Crippen molar-refractivity contribution in [1.82, 2.24) is 9.78 Å². The molecule has 0 aliphatic heterocycles. The van der Waals surface area contributed by atoms with E-state index in [-0.39, 0.29) is 17.0 Å². The van der Waals surface area contributed by atoms with Gasteiger partial charge in [-0.3, -0.25) is 14.3 Å². The maximum atomic E-state index is 13.2. The summed E-state index contributed by atoms with van der Waals surface area (Å²) in [6.45, 7) is 3.30. The number of aryl methyl sites for hydroxylation is 1. The number of benzene rings is 3. The van der Waals surface area contributed by atoms with E-state index in [1.807, 2.05) is 6.07 Å². The zero-order valence-electron chi connectivity index (χ0n) is 18.1. The largest absolute Gasteiger partial charge is 0.321 e. The van der Waals surface area contributed by atoms with Crippen molar-refractivity contribution in [1.29, 1.82) is 0 Å². The predicted molar refractivity (Wildman–Crippen MR) is 130 cm³/mol. The average molecular weight is 463 g/mol. The lowest BCUT2D eigenvalue weighted by Crippen LogP contribution is -2.26. The van der Waals surface area contributed by atoms with Gasteiger partial charge in [-0.05, 0) is 55.8 Å². The third kappa shape index (κ3) is 4.63. The second-order valence-electron chi connectivity index (χ2n) is 7.44. The lowest BCUT2D eigenvalue weighted by Gasteiger charge is -2.13. The van der Waals surface area contributed by atoms with Crippen LogP contribution in [0.2, 0.25) is 0 Å². The number of carbonyl (C=O) groups is 1. The van der Waals surface area contributed by atoms with Gasteiger partial charge in [0.15, 0.2) is 5.69 Å². The van der Waals surface area contributed by atoms with Crippen molar-refractivity contribution in [2.75, 3.05) is 15.8 Å². The summed E-state index contributed by atoms with van der Waals surface area (Å²) in [7, 11) is -3.41. The van der Waals surface area contributed by atoms with E-state index in [1.54, 1.807) is 80.6 Å². The highest BCUT2D eigenvalue weighted by Crippen LogP contribution is 2.22. The van der Waals surface area contributed by atoms with Crippen LogP contribution in [0.3, 0.4) is 0 Å². The maximum absolute atomic E-state index is 13.2. The van der Waals surface area contributed by atoms with Crippen LogP contribution in [0.4, 0.5) is 11.4 Å². The number of anilines is 2. The third-order valence-corrected chi connectivity index (χ3v) is 6.44. The molecule has 0 aliphatic carbocycles. The topological polar surface area (TPSA) is 110 Å². The number of nitrogens with zero attached hydrogens (tertiary/aromatic N) is 2. The first-order chi connectivity index (χ1) is 15.8. The fourth-order valence-corrected chi connectivity index (χ4v) is 4.10. The fourth-order valence-electron chi connectivity index (χ4n) is 3.39. The molecule has 9 heteroatoms. The smallest absolute Gasteiger partial charge is 0.279 e. The highest BCUT2D eigenvalue weighted by molar-refractivity contribution is 7.92. The number of para-hydroxylation sites is 1. The van der Waals surface area contributed by atoms with E-state index < -0.39 is 15.9 Å². The molecule has 0 radical (unpaired) electrons. The molecule has 3 aromatic carbocycles. The number of hydrogen-bond acceptors (Lipinski definition) is 5. The number of rotatable bonds is 6. The van der Waals surface area contributed by atoms with E-state index in [0.717, 1.165) is 0 Å². The number of sulfonamides is 1. The van der Waals surface area contributed by atoms with Gasteiger partial charge in [-0.1, -0.05) is 36.4 Å². The van der Waals surface area contributed by atoms with Crippen LogP contribution in [0, 0.1) is 6.92 Å². The van der Waals surface area contributed by atoms with Crippen LogP contribution in [0.1, 0.15) is 23.0 Å². The van der Waals surface area contributed by atoms with Crippen LogP contribution < -0.4 is 15.6 Å². The van der Waals surface area contributed by atoms with E-state index in [1.165, 1.54) is 4.68 Å². The molecule has 0 saturated carbocycles. The summed E-state index contributed by atoms with van der Waals surface area (Å²) in [6, 6.07) is 20.6. The molecule has 0 unspecified atom stereocenters. The first-order valence-electron chi connectivity index (χ1n) is 10.3. The molecule has 2 N–H and O–H groups in total. The Balaban J connectivity index is 1.73. The van der Waals surface area contributed by atoms with Gasteiger partial charge in [0.05, 0.1) is 22.5 Å². The molecule has 33 heavy (non-hydrogen) atoms. The van der Waals surface area contributed by atoms with Crippen molar-refractivity contribution in [3.63, 3.8) is 0 Å². The van der Waals surface area contributed by atoms with Crippen molar-refractivity contribution in [3.05, 3.63) is 94.4 Å². The average Bonchev–Trinajstić information content (AvgIpc) is 2.82. The van der Waals surface area contributed by atoms with E-state index in [0.29, 0.717) is 33.4 Å². The molecule has 1 heterocycles. The number of fused-ring (bicyclic) bond motifs is 1. The van der Waals surface area contributed by atoms with Gasteiger partial charge in [-0.2, -0.15) is 9.78 Å². The lowest BCUT2D eigenvalue weighted by atomic mass is 10.1. The summed E-state index contributed by atoms with van der Waals surface area (Å²) in [4.78, 5) is 26.2. The quantitative estimate of drug-likeness (QED) is 0.454. The van der Waals surface area contributed by atoms with Crippen LogP contribution in [0.5, 0.6) is 0 Å². The summed E-state index contributed by atoms with van der Waals surface area (Å²) >= 11 is 0. The molecule has 1 amide bonds. The van der Waals surface area contributed by atoms with E-state index in [2.05, 4.69) is 15.1 Å². The van der Waals surface area contributed by atoms with Crippen molar-refractivity contribution in [2.24, 2.45) is 0 Å². The number of amides is 1. The van der Waals surface area contributed by atoms with Gasteiger partial charge < -0.3 is 5.32 Å². The third-order valence-electron chi connectivity index (χ3n) is 5.15. The Morgan fingerprint density at radius 1 is 0.970 bits per heavy atom. The van der Waals surface area contributed by atoms with Crippen LogP contribution in [-0.2, 0) is 10.0 Å². The maximum Gasteiger partial charge on any atom is 0.279 e. The van der Waals surface area contributed by atoms with Gasteiger partial charge in [0, 0.05) is 11.1 Å². The van der Waals surface area contributed by atoms with Gasteiger partial charge in [0.2, 0.25) is 10.0 Å². The van der Waals surface area contributed by atoms with Gasteiger partial charge in [0.25, 0.3) is 11.5 Å². The molecule has 0 bridgehead atoms. The molecule has 8 nitrogen and oxygen atoms in total. The molecule has 1 aromatic heterocycles. The Kier molecular flexibility index (Phi) is 5.97. The van der Waals surface area contributed by atoms with Gasteiger partial charge in [-0.25, -0.2) is 8.42 Å². The molecular formula is C24H22N4O4S. The molecule has 0 atom stereocenters. The number of nitrogens with one attached hydrogen (secondary N) is 2. The Morgan fingerprint density at radius 2 is 1.64 bits per heavy atom. The van der Waals surface area contributed by atoms with E-state index in [9.17, 15) is 18.0 Å². The summed E-state index contributed by atoms with van der Waals surface area (Å²) < 4.78 is 27.4. The van der Waals surface area contributed by atoms with Gasteiger partial charge in [-0.15, -0.1) is 0 Å². The Bertz CT molecular complexity index is 1510. The predicted octanol–water partition coefficient (Wildman–Crippen LogP) is 3.71. The van der Waals surface area contributed by atoms with Crippen LogP contribution in [0.25, 0.3) is 16.5 Å². The Morgan fingerprint density at radius 3 is 2.30 bits per heavy atom. The molecule has 0 aliphatic rings. The van der Waals surface area contributed by atoms with Crippen molar-refractivity contribution in [3.8, 4) is 5.69 Å². The Labute approximate surface area is 190 Å². The number of carbonyl (C=O) groups excluding carboxylic acids is 1.